The van der Waals surface area contributed by atoms with Crippen LogP contribution in [0.25, 0.3) is 0 Å². The number of halogens is 1. The molecule has 10 nitrogen and oxygen atoms in total. The van der Waals surface area contributed by atoms with E-state index < -0.39 is 22.3 Å². The van der Waals surface area contributed by atoms with Gasteiger partial charge in [-0.1, -0.05) is 41.9 Å². The van der Waals surface area contributed by atoms with E-state index >= 15 is 0 Å². The fourth-order valence-corrected chi connectivity index (χ4v) is 3.26. The number of ether oxygens (including phenoxy) is 1. The van der Waals surface area contributed by atoms with E-state index in [1.165, 1.54) is 30.3 Å². The first-order valence-corrected chi connectivity index (χ1v) is 10.4. The van der Waals surface area contributed by atoms with E-state index in [2.05, 4.69) is 15.3 Å². The van der Waals surface area contributed by atoms with Crippen LogP contribution in [0.2, 0.25) is 5.15 Å². The topological polar surface area (TPSA) is 137 Å². The quantitative estimate of drug-likeness (QED) is 0.324. The molecule has 12 heteroatoms. The van der Waals surface area contributed by atoms with Gasteiger partial charge in [-0.15, -0.1) is 0 Å². The Labute approximate surface area is 182 Å². The number of benzene rings is 2. The summed E-state index contributed by atoms with van der Waals surface area (Å²) in [7, 11) is -4.66. The van der Waals surface area contributed by atoms with E-state index in [0.717, 1.165) is 0 Å². The van der Waals surface area contributed by atoms with Crippen LogP contribution in [0.15, 0.2) is 60.7 Å². The molecule has 31 heavy (non-hydrogen) atoms. The molecule has 0 aliphatic rings. The number of esters is 1. The van der Waals surface area contributed by atoms with Gasteiger partial charge in [0.1, 0.15) is 16.5 Å². The minimum absolute atomic E-state index is 0.0627. The molecule has 0 radical (unpaired) electrons. The fraction of sp³-hybridized carbons (Fsp3) is 0.0526. The van der Waals surface area contributed by atoms with Crippen molar-refractivity contribution < 1.29 is 26.9 Å². The van der Waals surface area contributed by atoms with Gasteiger partial charge in [0.05, 0.1) is 0 Å². The van der Waals surface area contributed by atoms with E-state index in [1.807, 2.05) is 0 Å². The molecule has 0 bridgehead atoms. The third-order valence-electron chi connectivity index (χ3n) is 3.53. The van der Waals surface area contributed by atoms with Gasteiger partial charge < -0.3 is 8.92 Å². The number of carbonyl (C=O) groups is 2. The van der Waals surface area contributed by atoms with E-state index in [1.54, 1.807) is 42.0 Å². The standard InChI is InChI=1S/C19H15ClN4O6S/c1-12-11-16(20)22-18(21-12)23-19(26)24-31(27,28)30-15-10-6-5-9-14(15)17(25)29-13-7-3-2-4-8-13/h2-11H,1H3,(H2,21,22,23,24,26). The number of amides is 2. The van der Waals surface area contributed by atoms with Crippen molar-refractivity contribution in [2.75, 3.05) is 5.32 Å². The lowest BCUT2D eigenvalue weighted by Gasteiger charge is -2.12. The molecule has 1 heterocycles. The normalized spacial score (nSPS) is 10.8. The fourth-order valence-electron chi connectivity index (χ4n) is 2.32. The molecule has 2 N–H and O–H groups in total. The zero-order valence-electron chi connectivity index (χ0n) is 15.9. The largest absolute Gasteiger partial charge is 0.423 e. The van der Waals surface area contributed by atoms with E-state index in [9.17, 15) is 18.0 Å². The van der Waals surface area contributed by atoms with Gasteiger partial charge >= 0.3 is 22.3 Å². The van der Waals surface area contributed by atoms with Gasteiger partial charge in [0, 0.05) is 5.69 Å². The number of anilines is 1. The third kappa shape index (κ3) is 6.39. The zero-order chi connectivity index (χ0) is 22.4. The summed E-state index contributed by atoms with van der Waals surface area (Å²) in [6, 6.07) is 14.0. The van der Waals surface area contributed by atoms with Gasteiger partial charge in [-0.3, -0.25) is 5.32 Å². The highest BCUT2D eigenvalue weighted by molar-refractivity contribution is 7.85. The predicted molar refractivity (Wildman–Crippen MR) is 111 cm³/mol. The van der Waals surface area contributed by atoms with Gasteiger partial charge in [-0.05, 0) is 37.3 Å². The molecule has 0 saturated heterocycles. The average Bonchev–Trinajstić information content (AvgIpc) is 2.67. The molecule has 0 aliphatic heterocycles. The molecular weight excluding hydrogens is 448 g/mol. The first-order chi connectivity index (χ1) is 14.7. The Balaban J connectivity index is 1.71. The molecule has 2 aromatic carbocycles. The second-order valence-corrected chi connectivity index (χ2v) is 7.61. The van der Waals surface area contributed by atoms with Crippen molar-refractivity contribution in [2.45, 2.75) is 6.92 Å². The van der Waals surface area contributed by atoms with Crippen molar-refractivity contribution in [3.63, 3.8) is 0 Å². The molecule has 0 unspecified atom stereocenters. The summed E-state index contributed by atoms with van der Waals surface area (Å²) < 4.78 is 36.2. The van der Waals surface area contributed by atoms with Gasteiger partial charge in [0.25, 0.3) is 0 Å². The molecular formula is C19H15ClN4O6S. The van der Waals surface area contributed by atoms with E-state index in [-0.39, 0.29) is 28.2 Å². The number of urea groups is 1. The number of aryl methyl sites for hydroxylation is 1. The molecule has 2 amide bonds. The maximum atomic E-state index is 12.4. The second kappa shape index (κ2) is 9.41. The Hall–Kier alpha value is -3.70. The van der Waals surface area contributed by atoms with Crippen LogP contribution in [0.1, 0.15) is 16.1 Å². The average molecular weight is 463 g/mol. The Kier molecular flexibility index (Phi) is 6.68. The van der Waals surface area contributed by atoms with Crippen LogP contribution < -0.4 is 19.0 Å². The van der Waals surface area contributed by atoms with Gasteiger partial charge in [0.15, 0.2) is 5.75 Å². The number of rotatable bonds is 6. The summed E-state index contributed by atoms with van der Waals surface area (Å²) in [6.07, 6.45) is 0. The Morgan fingerprint density at radius 3 is 2.39 bits per heavy atom. The molecule has 1 aromatic heterocycles. The number of hydrogen-bond donors (Lipinski definition) is 2. The van der Waals surface area contributed by atoms with Crippen LogP contribution in [-0.2, 0) is 10.3 Å². The van der Waals surface area contributed by atoms with Crippen LogP contribution in [0.5, 0.6) is 11.5 Å². The number of nitrogens with one attached hydrogen (secondary N) is 2. The van der Waals surface area contributed by atoms with Crippen LogP contribution in [-0.4, -0.2) is 30.4 Å². The lowest BCUT2D eigenvalue weighted by molar-refractivity contribution is 0.0733. The molecule has 3 rings (SSSR count). The number of para-hydroxylation sites is 2. The van der Waals surface area contributed by atoms with Gasteiger partial charge in [-0.2, -0.15) is 8.42 Å². The number of nitrogens with zero attached hydrogens (tertiary/aromatic N) is 2. The minimum Gasteiger partial charge on any atom is -0.423 e. The lowest BCUT2D eigenvalue weighted by atomic mass is 10.2. The van der Waals surface area contributed by atoms with Crippen LogP contribution in [0, 0.1) is 6.92 Å². The van der Waals surface area contributed by atoms with Crippen molar-refractivity contribution >= 4 is 39.9 Å². The van der Waals surface area contributed by atoms with Crippen molar-refractivity contribution in [1.29, 1.82) is 0 Å². The van der Waals surface area contributed by atoms with Crippen molar-refractivity contribution in [2.24, 2.45) is 0 Å². The molecule has 160 valence electrons. The van der Waals surface area contributed by atoms with Crippen molar-refractivity contribution in [3.8, 4) is 11.5 Å². The highest BCUT2D eigenvalue weighted by atomic mass is 35.5. The van der Waals surface area contributed by atoms with Crippen LogP contribution in [0.4, 0.5) is 10.7 Å². The van der Waals surface area contributed by atoms with Crippen LogP contribution in [0.3, 0.4) is 0 Å². The Morgan fingerprint density at radius 1 is 1.00 bits per heavy atom. The molecule has 0 aliphatic carbocycles. The second-order valence-electron chi connectivity index (χ2n) is 5.95. The van der Waals surface area contributed by atoms with E-state index in [0.29, 0.717) is 5.69 Å². The third-order valence-corrected chi connectivity index (χ3v) is 4.55. The molecule has 0 spiro atoms. The Morgan fingerprint density at radius 2 is 1.68 bits per heavy atom. The summed E-state index contributed by atoms with van der Waals surface area (Å²) in [5, 5.41) is 2.19. The summed E-state index contributed by atoms with van der Waals surface area (Å²) >= 11 is 5.77. The predicted octanol–water partition coefficient (Wildman–Crippen LogP) is 3.10. The number of aromatic nitrogens is 2. The van der Waals surface area contributed by atoms with Crippen LogP contribution >= 0.6 is 11.6 Å². The summed E-state index contributed by atoms with van der Waals surface area (Å²) in [5.74, 6) is -1.12. The highest BCUT2D eigenvalue weighted by Crippen LogP contribution is 2.22. The van der Waals surface area contributed by atoms with Gasteiger partial charge in [-0.25, -0.2) is 24.3 Å². The SMILES string of the molecule is Cc1cc(Cl)nc(NC(=O)NS(=O)(=O)Oc2ccccc2C(=O)Oc2ccccc2)n1. The first kappa shape index (κ1) is 22.0. The highest BCUT2D eigenvalue weighted by Gasteiger charge is 2.22. The minimum atomic E-state index is -4.66. The molecule has 0 atom stereocenters. The summed E-state index contributed by atoms with van der Waals surface area (Å²) in [4.78, 5) is 32.1. The van der Waals surface area contributed by atoms with E-state index in [4.69, 9.17) is 20.5 Å². The lowest BCUT2D eigenvalue weighted by Crippen LogP contribution is -2.37. The molecule has 0 fully saturated rings. The Bertz CT molecular complexity index is 1200. The number of carbonyl (C=O) groups excluding carboxylic acids is 2. The van der Waals surface area contributed by atoms with Gasteiger partial charge in [0.2, 0.25) is 5.95 Å². The monoisotopic (exact) mass is 462 g/mol. The summed E-state index contributed by atoms with van der Waals surface area (Å²) in [5.41, 5.74) is 0.297. The maximum absolute atomic E-state index is 12.4. The first-order valence-electron chi connectivity index (χ1n) is 8.62. The zero-order valence-corrected chi connectivity index (χ0v) is 17.5. The smallest absolute Gasteiger partial charge is 0.411 e. The van der Waals surface area contributed by atoms with Crippen molar-refractivity contribution in [1.82, 2.24) is 14.7 Å². The maximum Gasteiger partial charge on any atom is 0.411 e. The van der Waals surface area contributed by atoms with Crippen molar-refractivity contribution in [3.05, 3.63) is 77.1 Å². The molecule has 3 aromatic rings. The molecule has 0 saturated carbocycles. The summed E-state index contributed by atoms with van der Waals surface area (Å²) in [6.45, 7) is 1.61. The number of hydrogen-bond acceptors (Lipinski definition) is 8.